The third kappa shape index (κ3) is 4.29. The van der Waals surface area contributed by atoms with E-state index in [-0.39, 0.29) is 17.6 Å². The summed E-state index contributed by atoms with van der Waals surface area (Å²) in [6, 6.07) is 9.85. The van der Waals surface area contributed by atoms with Crippen LogP contribution in [0, 0.1) is 5.82 Å². The molecular formula is C21H21FN6O2. The molecule has 3 heterocycles. The van der Waals surface area contributed by atoms with Crippen molar-refractivity contribution in [2.45, 2.75) is 6.92 Å². The van der Waals surface area contributed by atoms with E-state index in [1.165, 1.54) is 19.1 Å². The molecule has 0 atom stereocenters. The van der Waals surface area contributed by atoms with E-state index in [4.69, 9.17) is 0 Å². The molecule has 4 rings (SSSR count). The Bertz CT molecular complexity index is 1040. The lowest BCUT2D eigenvalue weighted by molar-refractivity contribution is -0.114. The summed E-state index contributed by atoms with van der Waals surface area (Å²) >= 11 is 0. The quantitative estimate of drug-likeness (QED) is 0.716. The van der Waals surface area contributed by atoms with E-state index in [9.17, 15) is 14.0 Å². The third-order valence-electron chi connectivity index (χ3n) is 4.89. The summed E-state index contributed by atoms with van der Waals surface area (Å²) < 4.78 is 14.8. The number of imidazole rings is 1. The molecule has 0 saturated carbocycles. The Labute approximate surface area is 173 Å². The Morgan fingerprint density at radius 1 is 1.00 bits per heavy atom. The van der Waals surface area contributed by atoms with Gasteiger partial charge in [-0.2, -0.15) is 0 Å². The predicted molar refractivity (Wildman–Crippen MR) is 110 cm³/mol. The van der Waals surface area contributed by atoms with E-state index in [1.807, 2.05) is 0 Å². The van der Waals surface area contributed by atoms with Gasteiger partial charge in [-0.3, -0.25) is 14.2 Å². The molecule has 1 aliphatic heterocycles. The second-order valence-electron chi connectivity index (χ2n) is 7.01. The van der Waals surface area contributed by atoms with Gasteiger partial charge in [0.25, 0.3) is 5.91 Å². The van der Waals surface area contributed by atoms with Crippen LogP contribution >= 0.6 is 0 Å². The van der Waals surface area contributed by atoms with Gasteiger partial charge in [-0.15, -0.1) is 0 Å². The molecule has 0 bridgehead atoms. The maximum absolute atomic E-state index is 13.1. The van der Waals surface area contributed by atoms with Crippen molar-refractivity contribution in [3.05, 3.63) is 66.6 Å². The largest absolute Gasteiger partial charge is 0.368 e. The number of pyridine rings is 1. The highest BCUT2D eigenvalue weighted by Gasteiger charge is 2.24. The summed E-state index contributed by atoms with van der Waals surface area (Å²) in [5.74, 6) is 0.0288. The lowest BCUT2D eigenvalue weighted by Crippen LogP contribution is -2.48. The average molecular weight is 408 g/mol. The maximum Gasteiger partial charge on any atom is 0.274 e. The Kier molecular flexibility index (Phi) is 5.42. The molecule has 1 saturated heterocycles. The van der Waals surface area contributed by atoms with Crippen LogP contribution in [0.4, 0.5) is 15.8 Å². The summed E-state index contributed by atoms with van der Waals surface area (Å²) in [6.07, 6.45) is 4.74. The van der Waals surface area contributed by atoms with Crippen molar-refractivity contribution in [2.24, 2.45) is 0 Å². The first-order chi connectivity index (χ1) is 14.5. The number of nitrogens with zero attached hydrogens (tertiary/aromatic N) is 5. The van der Waals surface area contributed by atoms with Gasteiger partial charge in [0.2, 0.25) is 5.91 Å². The normalized spacial score (nSPS) is 13.9. The smallest absolute Gasteiger partial charge is 0.274 e. The topological polar surface area (TPSA) is 83.4 Å². The molecule has 30 heavy (non-hydrogen) atoms. The number of aromatic nitrogens is 3. The second kappa shape index (κ2) is 8.32. The fourth-order valence-electron chi connectivity index (χ4n) is 3.36. The number of halogens is 1. The molecule has 1 aromatic carbocycles. The number of rotatable bonds is 4. The molecule has 1 fully saturated rings. The molecule has 0 spiro atoms. The van der Waals surface area contributed by atoms with Gasteiger partial charge in [0, 0.05) is 45.0 Å². The zero-order valence-electron chi connectivity index (χ0n) is 16.5. The lowest BCUT2D eigenvalue weighted by atomic mass is 10.2. The molecule has 0 aliphatic carbocycles. The Hall–Kier alpha value is -3.75. The molecular weight excluding hydrogens is 387 g/mol. The summed E-state index contributed by atoms with van der Waals surface area (Å²) in [5, 5.41) is 2.66. The molecule has 1 N–H and O–H groups in total. The van der Waals surface area contributed by atoms with Crippen molar-refractivity contribution < 1.29 is 14.0 Å². The first kappa shape index (κ1) is 19.6. The molecule has 8 nitrogen and oxygen atoms in total. The van der Waals surface area contributed by atoms with Crippen LogP contribution in [0.2, 0.25) is 0 Å². The molecule has 0 radical (unpaired) electrons. The maximum atomic E-state index is 13.1. The fraction of sp³-hybridized carbons (Fsp3) is 0.238. The minimum absolute atomic E-state index is 0.137. The Morgan fingerprint density at radius 2 is 1.73 bits per heavy atom. The van der Waals surface area contributed by atoms with Crippen molar-refractivity contribution >= 4 is 23.2 Å². The number of hydrogen-bond donors (Lipinski definition) is 1. The van der Waals surface area contributed by atoms with Gasteiger partial charge < -0.3 is 15.1 Å². The van der Waals surface area contributed by atoms with Crippen LogP contribution in [0.15, 0.2) is 55.1 Å². The monoisotopic (exact) mass is 408 g/mol. The fourth-order valence-corrected chi connectivity index (χ4v) is 3.36. The van der Waals surface area contributed by atoms with E-state index in [2.05, 4.69) is 20.2 Å². The van der Waals surface area contributed by atoms with Gasteiger partial charge in [0.05, 0.1) is 11.9 Å². The second-order valence-corrected chi connectivity index (χ2v) is 7.01. The average Bonchev–Trinajstić information content (AvgIpc) is 3.24. The number of benzene rings is 1. The Balaban J connectivity index is 1.38. The van der Waals surface area contributed by atoms with Crippen molar-refractivity contribution in [3.8, 4) is 5.82 Å². The minimum atomic E-state index is -0.262. The molecule has 2 amide bonds. The van der Waals surface area contributed by atoms with Crippen LogP contribution in [0.3, 0.4) is 0 Å². The highest BCUT2D eigenvalue weighted by molar-refractivity contribution is 5.92. The minimum Gasteiger partial charge on any atom is -0.368 e. The Morgan fingerprint density at radius 3 is 2.37 bits per heavy atom. The van der Waals surface area contributed by atoms with Crippen LogP contribution in [0.5, 0.6) is 0 Å². The number of carbonyl (C=O) groups excluding carboxylic acids is 2. The SMILES string of the molecule is CC(=O)Nc1ccc(-n2cnc(C(=O)N3CCN(c4ccc(F)cc4)CC3)c2)nc1. The van der Waals surface area contributed by atoms with Gasteiger partial charge in [-0.05, 0) is 36.4 Å². The van der Waals surface area contributed by atoms with Crippen molar-refractivity contribution in [1.82, 2.24) is 19.4 Å². The van der Waals surface area contributed by atoms with Gasteiger partial charge in [0.15, 0.2) is 0 Å². The van der Waals surface area contributed by atoms with Gasteiger partial charge in [-0.1, -0.05) is 0 Å². The van der Waals surface area contributed by atoms with E-state index < -0.39 is 0 Å². The molecule has 9 heteroatoms. The highest BCUT2D eigenvalue weighted by atomic mass is 19.1. The highest BCUT2D eigenvalue weighted by Crippen LogP contribution is 2.18. The zero-order chi connectivity index (χ0) is 21.1. The summed E-state index contributed by atoms with van der Waals surface area (Å²) in [7, 11) is 0. The van der Waals surface area contributed by atoms with Gasteiger partial charge in [-0.25, -0.2) is 14.4 Å². The van der Waals surface area contributed by atoms with Crippen LogP contribution in [0.25, 0.3) is 5.82 Å². The predicted octanol–water partition coefficient (Wildman–Crippen LogP) is 2.33. The molecule has 0 unspecified atom stereocenters. The summed E-state index contributed by atoms with van der Waals surface area (Å²) in [6.45, 7) is 3.90. The molecule has 2 aromatic heterocycles. The lowest BCUT2D eigenvalue weighted by Gasteiger charge is -2.35. The number of nitrogens with one attached hydrogen (secondary N) is 1. The van der Waals surface area contributed by atoms with E-state index >= 15 is 0 Å². The van der Waals surface area contributed by atoms with Crippen LogP contribution < -0.4 is 10.2 Å². The van der Waals surface area contributed by atoms with E-state index in [1.54, 1.807) is 52.5 Å². The molecule has 154 valence electrons. The standard InChI is InChI=1S/C21H21FN6O2/c1-15(29)25-17-4-7-20(23-12-17)28-13-19(24-14-28)21(30)27-10-8-26(9-11-27)18-5-2-16(22)3-6-18/h2-7,12-14H,8-11H2,1H3,(H,25,29). The summed E-state index contributed by atoms with van der Waals surface area (Å²) in [5.41, 5.74) is 1.89. The van der Waals surface area contributed by atoms with Crippen LogP contribution in [-0.4, -0.2) is 57.4 Å². The number of amides is 2. The number of anilines is 2. The van der Waals surface area contributed by atoms with Crippen molar-refractivity contribution in [2.75, 3.05) is 36.4 Å². The van der Waals surface area contributed by atoms with Gasteiger partial charge >= 0.3 is 0 Å². The van der Waals surface area contributed by atoms with Crippen molar-refractivity contribution in [1.29, 1.82) is 0 Å². The van der Waals surface area contributed by atoms with Crippen LogP contribution in [-0.2, 0) is 4.79 Å². The van der Waals surface area contributed by atoms with Crippen molar-refractivity contribution in [3.63, 3.8) is 0 Å². The van der Waals surface area contributed by atoms with Gasteiger partial charge in [0.1, 0.15) is 23.7 Å². The number of carbonyl (C=O) groups is 2. The van der Waals surface area contributed by atoms with E-state index in [0.29, 0.717) is 43.4 Å². The van der Waals surface area contributed by atoms with Crippen LogP contribution in [0.1, 0.15) is 17.4 Å². The zero-order valence-corrected chi connectivity index (χ0v) is 16.5. The first-order valence-corrected chi connectivity index (χ1v) is 9.57. The number of piperazine rings is 1. The molecule has 1 aliphatic rings. The molecule has 3 aromatic rings. The number of hydrogen-bond acceptors (Lipinski definition) is 5. The van der Waals surface area contributed by atoms with E-state index in [0.717, 1.165) is 5.69 Å². The third-order valence-corrected chi connectivity index (χ3v) is 4.89. The summed E-state index contributed by atoms with van der Waals surface area (Å²) in [4.78, 5) is 36.3. The first-order valence-electron chi connectivity index (χ1n) is 9.57.